The van der Waals surface area contributed by atoms with Crippen molar-refractivity contribution in [1.82, 2.24) is 0 Å². The summed E-state index contributed by atoms with van der Waals surface area (Å²) < 4.78 is 21.0. The predicted octanol–water partition coefficient (Wildman–Crippen LogP) is 1.59. The Hall–Kier alpha value is 0.110. The van der Waals surface area contributed by atoms with Crippen LogP contribution in [0.15, 0.2) is 0 Å². The Morgan fingerprint density at radius 3 is 1.91 bits per heavy atom. The predicted molar refractivity (Wildman–Crippen MR) is 42.5 cm³/mol. The fourth-order valence-corrected chi connectivity index (χ4v) is 1.84. The Kier molecular flexibility index (Phi) is 4.93. The van der Waals surface area contributed by atoms with Crippen LogP contribution in [0.4, 0.5) is 0 Å². The zero-order chi connectivity index (χ0) is 8.91. The van der Waals surface area contributed by atoms with Crippen molar-refractivity contribution >= 4 is 7.60 Å². The van der Waals surface area contributed by atoms with Crippen LogP contribution in [0.1, 0.15) is 20.8 Å². The van der Waals surface area contributed by atoms with Crippen molar-refractivity contribution in [3.8, 4) is 0 Å². The standard InChI is InChI=1S/C6H15O4P/c1-4-9-11(8,6(3)7)10-5-2/h6-7H,4-5H2,1-3H3/t6-/m0/s1. The Labute approximate surface area is 67.0 Å². The third-order valence-corrected chi connectivity index (χ3v) is 3.23. The van der Waals surface area contributed by atoms with Crippen LogP contribution >= 0.6 is 7.60 Å². The number of hydrogen-bond donors (Lipinski definition) is 1. The van der Waals surface area contributed by atoms with Crippen LogP contribution in [0.25, 0.3) is 0 Å². The molecule has 0 aliphatic carbocycles. The largest absolute Gasteiger partial charge is 0.381 e. The second-order valence-electron chi connectivity index (χ2n) is 2.01. The van der Waals surface area contributed by atoms with E-state index in [4.69, 9.17) is 14.2 Å². The van der Waals surface area contributed by atoms with E-state index in [1.807, 2.05) is 0 Å². The van der Waals surface area contributed by atoms with Gasteiger partial charge in [-0.3, -0.25) is 4.57 Å². The summed E-state index contributed by atoms with van der Waals surface area (Å²) >= 11 is 0. The number of hydrogen-bond acceptors (Lipinski definition) is 4. The maximum absolute atomic E-state index is 11.4. The summed E-state index contributed by atoms with van der Waals surface area (Å²) in [6, 6.07) is 0. The molecule has 0 bridgehead atoms. The Morgan fingerprint density at radius 1 is 1.36 bits per heavy atom. The van der Waals surface area contributed by atoms with Gasteiger partial charge in [0.15, 0.2) is 5.85 Å². The van der Waals surface area contributed by atoms with Gasteiger partial charge < -0.3 is 14.2 Å². The van der Waals surface area contributed by atoms with Crippen LogP contribution in [0.2, 0.25) is 0 Å². The van der Waals surface area contributed by atoms with Crippen molar-refractivity contribution in [2.75, 3.05) is 13.2 Å². The summed E-state index contributed by atoms with van der Waals surface area (Å²) in [7, 11) is -3.24. The second kappa shape index (κ2) is 4.88. The molecule has 0 amide bonds. The molecule has 0 aliphatic rings. The first-order chi connectivity index (χ1) is 5.06. The first-order valence-corrected chi connectivity index (χ1v) is 5.24. The van der Waals surface area contributed by atoms with E-state index < -0.39 is 13.4 Å². The molecule has 1 atom stereocenters. The van der Waals surface area contributed by atoms with Gasteiger partial charge >= 0.3 is 7.60 Å². The molecule has 0 rings (SSSR count). The highest BCUT2D eigenvalue weighted by Crippen LogP contribution is 2.51. The van der Waals surface area contributed by atoms with E-state index >= 15 is 0 Å². The third kappa shape index (κ3) is 3.34. The fourth-order valence-electron chi connectivity index (χ4n) is 0.613. The number of rotatable bonds is 5. The molecule has 0 radical (unpaired) electrons. The van der Waals surface area contributed by atoms with E-state index in [1.165, 1.54) is 6.92 Å². The third-order valence-electron chi connectivity index (χ3n) is 1.08. The van der Waals surface area contributed by atoms with Crippen LogP contribution in [0.3, 0.4) is 0 Å². The van der Waals surface area contributed by atoms with Crippen LogP contribution in [0, 0.1) is 0 Å². The van der Waals surface area contributed by atoms with Crippen LogP contribution in [0.5, 0.6) is 0 Å². The van der Waals surface area contributed by atoms with Crippen molar-refractivity contribution in [1.29, 1.82) is 0 Å². The van der Waals surface area contributed by atoms with Crippen molar-refractivity contribution < 1.29 is 18.7 Å². The van der Waals surface area contributed by atoms with E-state index in [0.717, 1.165) is 0 Å². The summed E-state index contributed by atoms with van der Waals surface area (Å²) in [5.41, 5.74) is 0. The van der Waals surface area contributed by atoms with Gasteiger partial charge in [0.05, 0.1) is 13.2 Å². The zero-order valence-electron chi connectivity index (χ0n) is 7.11. The molecule has 68 valence electrons. The molecular weight excluding hydrogens is 167 g/mol. The molecule has 0 aromatic rings. The van der Waals surface area contributed by atoms with Gasteiger partial charge in [-0.05, 0) is 20.8 Å². The summed E-state index contributed by atoms with van der Waals surface area (Å²) in [5, 5.41) is 9.02. The summed E-state index contributed by atoms with van der Waals surface area (Å²) in [6.45, 7) is 5.36. The van der Waals surface area contributed by atoms with E-state index in [-0.39, 0.29) is 13.2 Å². The first kappa shape index (κ1) is 11.1. The quantitative estimate of drug-likeness (QED) is 0.656. The van der Waals surface area contributed by atoms with E-state index in [2.05, 4.69) is 0 Å². The van der Waals surface area contributed by atoms with Crippen LogP contribution in [-0.2, 0) is 13.6 Å². The minimum atomic E-state index is -3.24. The van der Waals surface area contributed by atoms with Crippen molar-refractivity contribution in [3.05, 3.63) is 0 Å². The van der Waals surface area contributed by atoms with Crippen molar-refractivity contribution in [2.45, 2.75) is 26.6 Å². The molecule has 0 aromatic heterocycles. The minimum absolute atomic E-state index is 0.280. The zero-order valence-corrected chi connectivity index (χ0v) is 8.01. The SMILES string of the molecule is CCOP(=O)(OCC)[C@@H](C)O. The van der Waals surface area contributed by atoms with E-state index in [0.29, 0.717) is 0 Å². The maximum Gasteiger partial charge on any atom is 0.358 e. The highest BCUT2D eigenvalue weighted by molar-refractivity contribution is 7.54. The van der Waals surface area contributed by atoms with Gasteiger partial charge in [-0.1, -0.05) is 0 Å². The average Bonchev–Trinajstić information content (AvgIpc) is 1.88. The molecule has 1 N–H and O–H groups in total. The second-order valence-corrected chi connectivity index (χ2v) is 4.35. The average molecular weight is 182 g/mol. The normalized spacial score (nSPS) is 14.9. The maximum atomic E-state index is 11.4. The van der Waals surface area contributed by atoms with Gasteiger partial charge in [-0.15, -0.1) is 0 Å². The van der Waals surface area contributed by atoms with Crippen LogP contribution < -0.4 is 0 Å². The summed E-state index contributed by atoms with van der Waals surface area (Å²) in [4.78, 5) is 0. The lowest BCUT2D eigenvalue weighted by atomic mass is 10.9. The molecule has 0 aliphatic heterocycles. The van der Waals surface area contributed by atoms with E-state index in [1.54, 1.807) is 13.8 Å². The lowest BCUT2D eigenvalue weighted by molar-refractivity contribution is 0.157. The van der Waals surface area contributed by atoms with Crippen molar-refractivity contribution in [3.63, 3.8) is 0 Å². The molecule has 4 nitrogen and oxygen atoms in total. The fraction of sp³-hybridized carbons (Fsp3) is 1.00. The highest BCUT2D eigenvalue weighted by Gasteiger charge is 2.29. The Balaban J connectivity index is 4.14. The van der Waals surface area contributed by atoms with Gasteiger partial charge in [-0.25, -0.2) is 0 Å². The monoisotopic (exact) mass is 182 g/mol. The smallest absolute Gasteiger partial charge is 0.358 e. The lowest BCUT2D eigenvalue weighted by Crippen LogP contribution is -2.08. The van der Waals surface area contributed by atoms with E-state index in [9.17, 15) is 4.57 Å². The molecule has 0 saturated carbocycles. The minimum Gasteiger partial charge on any atom is -0.381 e. The summed E-state index contributed by atoms with van der Waals surface area (Å²) in [5.74, 6) is -1.05. The van der Waals surface area contributed by atoms with Gasteiger partial charge in [0.1, 0.15) is 0 Å². The molecule has 0 heterocycles. The first-order valence-electron chi connectivity index (χ1n) is 3.63. The molecule has 0 spiro atoms. The number of aliphatic hydroxyl groups excluding tert-OH is 1. The van der Waals surface area contributed by atoms with Gasteiger partial charge in [0, 0.05) is 0 Å². The highest BCUT2D eigenvalue weighted by atomic mass is 31.2. The summed E-state index contributed by atoms with van der Waals surface area (Å²) in [6.07, 6.45) is 0. The van der Waals surface area contributed by atoms with Crippen LogP contribution in [-0.4, -0.2) is 24.2 Å². The topological polar surface area (TPSA) is 55.8 Å². The molecule has 0 aromatic carbocycles. The molecule has 11 heavy (non-hydrogen) atoms. The van der Waals surface area contributed by atoms with Gasteiger partial charge in [-0.2, -0.15) is 0 Å². The Morgan fingerprint density at radius 2 is 1.73 bits per heavy atom. The molecular formula is C6H15O4P. The number of aliphatic hydroxyl groups is 1. The molecule has 0 saturated heterocycles. The van der Waals surface area contributed by atoms with Gasteiger partial charge in [0.2, 0.25) is 0 Å². The molecule has 5 heteroatoms. The molecule has 0 fully saturated rings. The van der Waals surface area contributed by atoms with Crippen molar-refractivity contribution in [2.24, 2.45) is 0 Å². The molecule has 0 unspecified atom stereocenters. The lowest BCUT2D eigenvalue weighted by Gasteiger charge is -2.18. The van der Waals surface area contributed by atoms with Gasteiger partial charge in [0.25, 0.3) is 0 Å². The Bertz CT molecular complexity index is 136.